The highest BCUT2D eigenvalue weighted by Gasteiger charge is 2.29. The number of nitrogens with zero attached hydrogens (tertiary/aromatic N) is 2. The molecule has 0 unspecified atom stereocenters. The Kier molecular flexibility index (Phi) is 3.95. The highest BCUT2D eigenvalue weighted by molar-refractivity contribution is 9.10. The zero-order valence-corrected chi connectivity index (χ0v) is 13.7. The molecule has 1 saturated carbocycles. The molecule has 0 radical (unpaired) electrons. The zero-order chi connectivity index (χ0) is 15.0. The van der Waals surface area contributed by atoms with Crippen LogP contribution < -0.4 is 4.80 Å². The van der Waals surface area contributed by atoms with Crippen LogP contribution in [0, 0.1) is 5.92 Å². The fourth-order valence-electron chi connectivity index (χ4n) is 1.99. The second-order valence-corrected chi connectivity index (χ2v) is 6.81. The number of hydrogen-bond donors (Lipinski definition) is 0. The zero-order valence-electron chi connectivity index (χ0n) is 11.3. The molecule has 0 saturated heterocycles. The minimum atomic E-state index is -0.363. The summed E-state index contributed by atoms with van der Waals surface area (Å²) >= 11 is 4.82. The molecule has 1 aliphatic carbocycles. The molecule has 1 aliphatic rings. The first kappa shape index (κ1) is 14.5. The van der Waals surface area contributed by atoms with Gasteiger partial charge in [-0.1, -0.05) is 27.3 Å². The number of rotatable bonds is 3. The van der Waals surface area contributed by atoms with Gasteiger partial charge in [0.1, 0.15) is 6.54 Å². The van der Waals surface area contributed by atoms with Crippen LogP contribution in [0.5, 0.6) is 0 Å². The summed E-state index contributed by atoms with van der Waals surface area (Å²) in [6.45, 7) is 0.0505. The van der Waals surface area contributed by atoms with Gasteiger partial charge in [0.05, 0.1) is 17.3 Å². The summed E-state index contributed by atoms with van der Waals surface area (Å²) in [4.78, 5) is 28.3. The van der Waals surface area contributed by atoms with Gasteiger partial charge in [0.15, 0.2) is 4.80 Å². The van der Waals surface area contributed by atoms with Gasteiger partial charge in [0.25, 0.3) is 5.91 Å². The molecule has 7 heteroatoms. The average molecular weight is 369 g/mol. The van der Waals surface area contributed by atoms with Gasteiger partial charge in [-0.15, -0.1) is 0 Å². The molecule has 0 bridgehead atoms. The predicted octanol–water partition coefficient (Wildman–Crippen LogP) is 2.48. The number of methoxy groups -OCH3 is 1. The molecule has 0 spiro atoms. The molecule has 1 amide bonds. The standard InChI is InChI=1S/C14H13BrN2O3S/c1-20-12(18)7-17-10-5-4-9(15)6-11(10)21-14(17)16-13(19)8-2-3-8/h4-6,8H,2-3,7H2,1H3. The molecular formula is C14H13BrN2O3S. The smallest absolute Gasteiger partial charge is 0.325 e. The Balaban J connectivity index is 2.14. The monoisotopic (exact) mass is 368 g/mol. The third-order valence-corrected chi connectivity index (χ3v) is 4.83. The number of aromatic nitrogens is 1. The van der Waals surface area contributed by atoms with Crippen molar-refractivity contribution in [1.29, 1.82) is 0 Å². The SMILES string of the molecule is COC(=O)Cn1c(=NC(=O)C2CC2)sc2cc(Br)ccc21. The Bertz CT molecular complexity index is 789. The Morgan fingerprint density at radius 1 is 1.48 bits per heavy atom. The summed E-state index contributed by atoms with van der Waals surface area (Å²) in [5, 5.41) is 0. The lowest BCUT2D eigenvalue weighted by Crippen LogP contribution is -2.22. The van der Waals surface area contributed by atoms with Crippen molar-refractivity contribution < 1.29 is 14.3 Å². The van der Waals surface area contributed by atoms with Crippen molar-refractivity contribution in [2.45, 2.75) is 19.4 Å². The van der Waals surface area contributed by atoms with Crippen LogP contribution in [-0.2, 0) is 20.9 Å². The van der Waals surface area contributed by atoms with Gasteiger partial charge in [-0.05, 0) is 31.0 Å². The average Bonchev–Trinajstić information content (AvgIpc) is 3.25. The van der Waals surface area contributed by atoms with Crippen molar-refractivity contribution >= 4 is 49.4 Å². The molecule has 1 fully saturated rings. The van der Waals surface area contributed by atoms with E-state index in [1.165, 1.54) is 18.4 Å². The number of ether oxygens (including phenoxy) is 1. The van der Waals surface area contributed by atoms with Crippen LogP contribution in [-0.4, -0.2) is 23.6 Å². The third-order valence-electron chi connectivity index (χ3n) is 3.29. The lowest BCUT2D eigenvalue weighted by Gasteiger charge is -2.03. The van der Waals surface area contributed by atoms with E-state index in [1.54, 1.807) is 4.57 Å². The predicted molar refractivity (Wildman–Crippen MR) is 82.8 cm³/mol. The van der Waals surface area contributed by atoms with Crippen LogP contribution >= 0.6 is 27.3 Å². The highest BCUT2D eigenvalue weighted by Crippen LogP contribution is 2.30. The van der Waals surface area contributed by atoms with Gasteiger partial charge in [-0.3, -0.25) is 9.59 Å². The number of halogens is 1. The van der Waals surface area contributed by atoms with Crippen LogP contribution in [0.15, 0.2) is 27.7 Å². The summed E-state index contributed by atoms with van der Waals surface area (Å²) in [5.74, 6) is -0.397. The molecule has 0 atom stereocenters. The van der Waals surface area contributed by atoms with E-state index in [0.29, 0.717) is 4.80 Å². The Labute approximate surface area is 133 Å². The van der Waals surface area contributed by atoms with E-state index in [1.807, 2.05) is 18.2 Å². The van der Waals surface area contributed by atoms with Crippen molar-refractivity contribution in [1.82, 2.24) is 4.57 Å². The molecule has 0 N–H and O–H groups in total. The summed E-state index contributed by atoms with van der Waals surface area (Å²) in [6, 6.07) is 5.75. The molecule has 3 rings (SSSR count). The van der Waals surface area contributed by atoms with Gasteiger partial charge in [-0.25, -0.2) is 0 Å². The van der Waals surface area contributed by atoms with Crippen molar-refractivity contribution in [2.24, 2.45) is 10.9 Å². The number of amides is 1. The van der Waals surface area contributed by atoms with E-state index in [4.69, 9.17) is 4.74 Å². The van der Waals surface area contributed by atoms with E-state index in [-0.39, 0.29) is 24.3 Å². The fourth-order valence-corrected chi connectivity index (χ4v) is 3.58. The van der Waals surface area contributed by atoms with Gasteiger partial charge in [0.2, 0.25) is 0 Å². The van der Waals surface area contributed by atoms with Gasteiger partial charge in [0, 0.05) is 10.4 Å². The molecule has 1 aromatic heterocycles. The fraction of sp³-hybridized carbons (Fsp3) is 0.357. The Morgan fingerprint density at radius 3 is 2.90 bits per heavy atom. The van der Waals surface area contributed by atoms with E-state index in [2.05, 4.69) is 20.9 Å². The number of benzene rings is 1. The van der Waals surface area contributed by atoms with Crippen LogP contribution in [0.1, 0.15) is 12.8 Å². The van der Waals surface area contributed by atoms with Gasteiger partial charge in [-0.2, -0.15) is 4.99 Å². The van der Waals surface area contributed by atoms with Crippen molar-refractivity contribution in [3.8, 4) is 0 Å². The number of hydrogen-bond acceptors (Lipinski definition) is 4. The van der Waals surface area contributed by atoms with Crippen molar-refractivity contribution in [3.63, 3.8) is 0 Å². The quantitative estimate of drug-likeness (QED) is 0.781. The number of carbonyl (C=O) groups excluding carboxylic acids is 2. The summed E-state index contributed by atoms with van der Waals surface area (Å²) in [7, 11) is 1.35. The molecule has 5 nitrogen and oxygen atoms in total. The maximum absolute atomic E-state index is 11.9. The maximum Gasteiger partial charge on any atom is 0.325 e. The first-order chi connectivity index (χ1) is 10.1. The van der Waals surface area contributed by atoms with Crippen molar-refractivity contribution in [3.05, 3.63) is 27.5 Å². The molecule has 110 valence electrons. The normalized spacial score (nSPS) is 15.4. The molecule has 21 heavy (non-hydrogen) atoms. The van der Waals surface area contributed by atoms with Crippen LogP contribution in [0.25, 0.3) is 10.2 Å². The largest absolute Gasteiger partial charge is 0.468 e. The molecular weight excluding hydrogens is 356 g/mol. The van der Waals surface area contributed by atoms with Gasteiger partial charge < -0.3 is 9.30 Å². The first-order valence-corrected chi connectivity index (χ1v) is 8.13. The summed E-state index contributed by atoms with van der Waals surface area (Å²) < 4.78 is 8.37. The molecule has 2 aromatic rings. The minimum Gasteiger partial charge on any atom is -0.468 e. The molecule has 1 heterocycles. The summed E-state index contributed by atoms with van der Waals surface area (Å²) in [6.07, 6.45) is 1.82. The summed E-state index contributed by atoms with van der Waals surface area (Å²) in [5.41, 5.74) is 0.871. The van der Waals surface area contributed by atoms with E-state index in [0.717, 1.165) is 27.5 Å². The van der Waals surface area contributed by atoms with Crippen LogP contribution in [0.3, 0.4) is 0 Å². The molecule has 1 aromatic carbocycles. The number of fused-ring (bicyclic) bond motifs is 1. The number of esters is 1. The first-order valence-electron chi connectivity index (χ1n) is 6.53. The maximum atomic E-state index is 11.9. The van der Waals surface area contributed by atoms with E-state index in [9.17, 15) is 9.59 Å². The van der Waals surface area contributed by atoms with E-state index < -0.39 is 0 Å². The van der Waals surface area contributed by atoms with Gasteiger partial charge >= 0.3 is 5.97 Å². The third kappa shape index (κ3) is 3.08. The topological polar surface area (TPSA) is 60.7 Å². The second-order valence-electron chi connectivity index (χ2n) is 4.88. The lowest BCUT2D eigenvalue weighted by molar-refractivity contribution is -0.141. The second kappa shape index (κ2) is 5.73. The molecule has 0 aliphatic heterocycles. The number of carbonyl (C=O) groups is 2. The minimum absolute atomic E-state index is 0.0505. The van der Waals surface area contributed by atoms with E-state index >= 15 is 0 Å². The highest BCUT2D eigenvalue weighted by atomic mass is 79.9. The van der Waals surface area contributed by atoms with Crippen molar-refractivity contribution in [2.75, 3.05) is 7.11 Å². The van der Waals surface area contributed by atoms with Crippen LogP contribution in [0.2, 0.25) is 0 Å². The Hall–Kier alpha value is -1.47. The number of thiazole rings is 1. The van der Waals surface area contributed by atoms with Crippen LogP contribution in [0.4, 0.5) is 0 Å². The lowest BCUT2D eigenvalue weighted by atomic mass is 10.3. The Morgan fingerprint density at radius 2 is 2.24 bits per heavy atom.